The van der Waals surface area contributed by atoms with Gasteiger partial charge in [-0.1, -0.05) is 20.8 Å². The molecule has 0 fully saturated rings. The first-order valence-corrected chi connectivity index (χ1v) is 6.61. The highest BCUT2D eigenvalue weighted by Crippen LogP contribution is 2.19. The summed E-state index contributed by atoms with van der Waals surface area (Å²) in [4.78, 5) is 13.4. The van der Waals surface area contributed by atoms with Crippen molar-refractivity contribution in [1.29, 1.82) is 0 Å². The highest BCUT2D eigenvalue weighted by molar-refractivity contribution is 5.75. The number of hydrogen-bond acceptors (Lipinski definition) is 3. The highest BCUT2D eigenvalue weighted by atomic mass is 16.3. The standard InChI is InChI=1S/C15H25NO2/c1-13(17)7-9-16(10-8-15(2,3)4)12-14-6-5-11-18-14/h5-6,11H,7-10,12H2,1-4H3. The summed E-state index contributed by atoms with van der Waals surface area (Å²) in [6.07, 6.45) is 3.43. The second-order valence-electron chi connectivity index (χ2n) is 6.12. The van der Waals surface area contributed by atoms with Crippen LogP contribution in [0.3, 0.4) is 0 Å². The third kappa shape index (κ3) is 6.60. The van der Waals surface area contributed by atoms with Gasteiger partial charge in [0.2, 0.25) is 0 Å². The van der Waals surface area contributed by atoms with Gasteiger partial charge in [-0.15, -0.1) is 0 Å². The first-order valence-electron chi connectivity index (χ1n) is 6.61. The molecular weight excluding hydrogens is 226 g/mol. The van der Waals surface area contributed by atoms with Crippen LogP contribution in [0.15, 0.2) is 22.8 Å². The summed E-state index contributed by atoms with van der Waals surface area (Å²) >= 11 is 0. The van der Waals surface area contributed by atoms with Crippen LogP contribution >= 0.6 is 0 Å². The SMILES string of the molecule is CC(=O)CCN(CCC(C)(C)C)Cc1ccco1. The average molecular weight is 251 g/mol. The topological polar surface area (TPSA) is 33.5 Å². The second kappa shape index (κ2) is 6.74. The normalized spacial score (nSPS) is 12.1. The lowest BCUT2D eigenvalue weighted by Gasteiger charge is -2.25. The van der Waals surface area contributed by atoms with E-state index in [2.05, 4.69) is 25.7 Å². The van der Waals surface area contributed by atoms with Crippen LogP contribution in [0.4, 0.5) is 0 Å². The zero-order valence-corrected chi connectivity index (χ0v) is 12.0. The van der Waals surface area contributed by atoms with Crippen molar-refractivity contribution in [3.05, 3.63) is 24.2 Å². The van der Waals surface area contributed by atoms with E-state index in [1.165, 1.54) is 0 Å². The molecule has 1 rings (SSSR count). The summed E-state index contributed by atoms with van der Waals surface area (Å²) in [7, 11) is 0. The van der Waals surface area contributed by atoms with Crippen LogP contribution < -0.4 is 0 Å². The minimum absolute atomic E-state index is 0.246. The molecule has 0 aliphatic heterocycles. The van der Waals surface area contributed by atoms with Gasteiger partial charge in [0.15, 0.2) is 0 Å². The lowest BCUT2D eigenvalue weighted by atomic mass is 9.92. The molecule has 0 amide bonds. The van der Waals surface area contributed by atoms with E-state index in [0.29, 0.717) is 11.8 Å². The third-order valence-electron chi connectivity index (χ3n) is 2.92. The van der Waals surface area contributed by atoms with Crippen LogP contribution in [0.25, 0.3) is 0 Å². The van der Waals surface area contributed by atoms with Crippen molar-refractivity contribution < 1.29 is 9.21 Å². The Labute approximate surface area is 110 Å². The van der Waals surface area contributed by atoms with Crippen LogP contribution in [0.1, 0.15) is 46.3 Å². The number of nitrogens with zero attached hydrogens (tertiary/aromatic N) is 1. The van der Waals surface area contributed by atoms with Gasteiger partial charge in [-0.25, -0.2) is 0 Å². The average Bonchev–Trinajstić information content (AvgIpc) is 2.73. The van der Waals surface area contributed by atoms with Crippen molar-refractivity contribution in [2.24, 2.45) is 5.41 Å². The van der Waals surface area contributed by atoms with Crippen LogP contribution in [-0.4, -0.2) is 23.8 Å². The molecular formula is C15H25NO2. The Morgan fingerprint density at radius 3 is 2.56 bits per heavy atom. The van der Waals surface area contributed by atoms with Gasteiger partial charge in [0, 0.05) is 13.0 Å². The van der Waals surface area contributed by atoms with Gasteiger partial charge in [0.1, 0.15) is 11.5 Å². The molecule has 0 spiro atoms. The van der Waals surface area contributed by atoms with Crippen molar-refractivity contribution in [2.75, 3.05) is 13.1 Å². The Kier molecular flexibility index (Phi) is 5.60. The number of carbonyl (C=O) groups is 1. The van der Waals surface area contributed by atoms with E-state index >= 15 is 0 Å². The molecule has 0 bridgehead atoms. The Bertz CT molecular complexity index is 349. The monoisotopic (exact) mass is 251 g/mol. The Balaban J connectivity index is 2.48. The van der Waals surface area contributed by atoms with Crippen LogP contribution in [-0.2, 0) is 11.3 Å². The minimum atomic E-state index is 0.246. The van der Waals surface area contributed by atoms with E-state index in [0.717, 1.165) is 31.8 Å². The first-order chi connectivity index (χ1) is 8.37. The van der Waals surface area contributed by atoms with Crippen LogP contribution in [0, 0.1) is 5.41 Å². The van der Waals surface area contributed by atoms with E-state index in [9.17, 15) is 4.79 Å². The molecule has 3 nitrogen and oxygen atoms in total. The molecule has 1 heterocycles. The predicted molar refractivity (Wildman–Crippen MR) is 73.4 cm³/mol. The molecule has 18 heavy (non-hydrogen) atoms. The molecule has 1 aromatic heterocycles. The van der Waals surface area contributed by atoms with E-state index in [4.69, 9.17) is 4.42 Å². The summed E-state index contributed by atoms with van der Waals surface area (Å²) < 4.78 is 5.38. The minimum Gasteiger partial charge on any atom is -0.468 e. The maximum absolute atomic E-state index is 11.1. The number of furan rings is 1. The molecule has 0 saturated heterocycles. The second-order valence-corrected chi connectivity index (χ2v) is 6.12. The molecule has 0 N–H and O–H groups in total. The zero-order chi connectivity index (χ0) is 13.6. The summed E-state index contributed by atoms with van der Waals surface area (Å²) in [6.45, 7) is 11.0. The van der Waals surface area contributed by atoms with Gasteiger partial charge >= 0.3 is 0 Å². The van der Waals surface area contributed by atoms with Gasteiger partial charge < -0.3 is 4.42 Å². The van der Waals surface area contributed by atoms with Crippen molar-refractivity contribution >= 4 is 5.78 Å². The lowest BCUT2D eigenvalue weighted by Crippen LogP contribution is -2.29. The van der Waals surface area contributed by atoms with Crippen molar-refractivity contribution in [1.82, 2.24) is 4.90 Å². The number of rotatable bonds is 7. The van der Waals surface area contributed by atoms with Gasteiger partial charge in [0.05, 0.1) is 12.8 Å². The molecule has 0 aliphatic rings. The van der Waals surface area contributed by atoms with Gasteiger partial charge in [-0.2, -0.15) is 0 Å². The Morgan fingerprint density at radius 2 is 2.06 bits per heavy atom. The van der Waals surface area contributed by atoms with Crippen molar-refractivity contribution in [2.45, 2.75) is 47.1 Å². The molecule has 0 saturated carbocycles. The zero-order valence-electron chi connectivity index (χ0n) is 12.0. The molecule has 3 heteroatoms. The Hall–Kier alpha value is -1.09. The van der Waals surface area contributed by atoms with E-state index in [-0.39, 0.29) is 5.78 Å². The smallest absolute Gasteiger partial charge is 0.131 e. The van der Waals surface area contributed by atoms with Crippen molar-refractivity contribution in [3.8, 4) is 0 Å². The molecule has 0 radical (unpaired) electrons. The molecule has 0 aliphatic carbocycles. The maximum atomic E-state index is 11.1. The molecule has 0 unspecified atom stereocenters. The van der Waals surface area contributed by atoms with E-state index < -0.39 is 0 Å². The quantitative estimate of drug-likeness (QED) is 0.743. The summed E-state index contributed by atoms with van der Waals surface area (Å²) in [5, 5.41) is 0. The molecule has 102 valence electrons. The summed E-state index contributed by atoms with van der Waals surface area (Å²) in [6, 6.07) is 3.89. The largest absolute Gasteiger partial charge is 0.468 e. The van der Waals surface area contributed by atoms with E-state index in [1.54, 1.807) is 13.2 Å². The van der Waals surface area contributed by atoms with Crippen LogP contribution in [0.5, 0.6) is 0 Å². The number of carbonyl (C=O) groups excluding carboxylic acids is 1. The van der Waals surface area contributed by atoms with Gasteiger partial charge in [-0.05, 0) is 37.4 Å². The van der Waals surface area contributed by atoms with Crippen molar-refractivity contribution in [3.63, 3.8) is 0 Å². The fraction of sp³-hybridized carbons (Fsp3) is 0.667. The lowest BCUT2D eigenvalue weighted by molar-refractivity contribution is -0.117. The summed E-state index contributed by atoms with van der Waals surface area (Å²) in [5.41, 5.74) is 0.317. The maximum Gasteiger partial charge on any atom is 0.131 e. The summed E-state index contributed by atoms with van der Waals surface area (Å²) in [5.74, 6) is 1.21. The first kappa shape index (κ1) is 15.0. The predicted octanol–water partition coefficient (Wildman–Crippen LogP) is 3.50. The van der Waals surface area contributed by atoms with Crippen LogP contribution in [0.2, 0.25) is 0 Å². The third-order valence-corrected chi connectivity index (χ3v) is 2.92. The molecule has 0 aromatic carbocycles. The van der Waals surface area contributed by atoms with Gasteiger partial charge in [0.25, 0.3) is 0 Å². The molecule has 0 atom stereocenters. The van der Waals surface area contributed by atoms with E-state index in [1.807, 2.05) is 12.1 Å². The molecule has 1 aromatic rings. The highest BCUT2D eigenvalue weighted by Gasteiger charge is 2.14. The number of Topliss-reactive ketones (excluding diaryl/α,β-unsaturated/α-hetero) is 1. The number of ketones is 1. The number of hydrogen-bond donors (Lipinski definition) is 0. The Morgan fingerprint density at radius 1 is 1.33 bits per heavy atom. The van der Waals surface area contributed by atoms with Gasteiger partial charge in [-0.3, -0.25) is 9.69 Å². The fourth-order valence-electron chi connectivity index (χ4n) is 1.70. The fourth-order valence-corrected chi connectivity index (χ4v) is 1.70.